The fourth-order valence-corrected chi connectivity index (χ4v) is 4.47. The van der Waals surface area contributed by atoms with Crippen molar-refractivity contribution in [3.8, 4) is 0 Å². The summed E-state index contributed by atoms with van der Waals surface area (Å²) in [6, 6.07) is 9.04. The largest absolute Gasteiger partial charge is 0.314 e. The van der Waals surface area contributed by atoms with Crippen LogP contribution in [-0.4, -0.2) is 30.1 Å². The monoisotopic (exact) mass is 306 g/mol. The van der Waals surface area contributed by atoms with Gasteiger partial charge in [-0.2, -0.15) is 0 Å². The molecule has 2 fully saturated rings. The lowest BCUT2D eigenvalue weighted by atomic mass is 9.77. The average Bonchev–Trinajstić information content (AvgIpc) is 2.52. The van der Waals surface area contributed by atoms with Crippen molar-refractivity contribution in [3.63, 3.8) is 0 Å². The lowest BCUT2D eigenvalue weighted by molar-refractivity contribution is -0.00976. The molecule has 0 aromatic heterocycles. The molecule has 3 rings (SSSR count). The summed E-state index contributed by atoms with van der Waals surface area (Å²) in [4.78, 5) is 2.81. The first-order chi connectivity index (χ1) is 10.2. The summed E-state index contributed by atoms with van der Waals surface area (Å²) in [6.45, 7) is 5.77. The maximum Gasteiger partial charge on any atom is 0.0406 e. The van der Waals surface area contributed by atoms with E-state index in [-0.39, 0.29) is 0 Å². The Morgan fingerprint density at radius 3 is 2.57 bits per heavy atom. The molecule has 0 radical (unpaired) electrons. The standard InChI is InChI=1S/C18H27ClN2/c1-2-17(15-6-8-16(19)9-7-15)21-13-12-20-14-18(21)10-4-3-5-11-18/h6-9,17,20H,2-5,10-14H2,1H3. The molecule has 0 bridgehead atoms. The zero-order valence-electron chi connectivity index (χ0n) is 13.1. The Morgan fingerprint density at radius 1 is 1.19 bits per heavy atom. The van der Waals surface area contributed by atoms with Crippen molar-refractivity contribution < 1.29 is 0 Å². The Morgan fingerprint density at radius 2 is 1.90 bits per heavy atom. The fourth-order valence-electron chi connectivity index (χ4n) is 4.34. The average molecular weight is 307 g/mol. The van der Waals surface area contributed by atoms with Crippen molar-refractivity contribution in [3.05, 3.63) is 34.9 Å². The lowest BCUT2D eigenvalue weighted by Gasteiger charge is -2.53. The fraction of sp³-hybridized carbons (Fsp3) is 0.667. The summed E-state index contributed by atoms with van der Waals surface area (Å²) in [6.07, 6.45) is 8.05. The number of piperazine rings is 1. The minimum Gasteiger partial charge on any atom is -0.314 e. The molecule has 2 nitrogen and oxygen atoms in total. The van der Waals surface area contributed by atoms with E-state index in [1.54, 1.807) is 0 Å². The summed E-state index contributed by atoms with van der Waals surface area (Å²) < 4.78 is 0. The first-order valence-corrected chi connectivity index (χ1v) is 8.86. The van der Waals surface area contributed by atoms with Crippen molar-refractivity contribution in [1.82, 2.24) is 10.2 Å². The SMILES string of the molecule is CCC(c1ccc(Cl)cc1)N1CCNCC12CCCCC2. The van der Waals surface area contributed by atoms with Crippen molar-refractivity contribution in [2.45, 2.75) is 57.0 Å². The minimum absolute atomic E-state index is 0.386. The van der Waals surface area contributed by atoms with E-state index in [9.17, 15) is 0 Å². The van der Waals surface area contributed by atoms with Gasteiger partial charge >= 0.3 is 0 Å². The molecule has 1 saturated heterocycles. The van der Waals surface area contributed by atoms with Gasteiger partial charge in [-0.15, -0.1) is 0 Å². The Hall–Kier alpha value is -0.570. The van der Waals surface area contributed by atoms with Gasteiger partial charge in [0.2, 0.25) is 0 Å². The van der Waals surface area contributed by atoms with Crippen molar-refractivity contribution in [1.29, 1.82) is 0 Å². The van der Waals surface area contributed by atoms with Crippen LogP contribution in [0.5, 0.6) is 0 Å². The smallest absolute Gasteiger partial charge is 0.0406 e. The maximum atomic E-state index is 6.06. The summed E-state index contributed by atoms with van der Waals surface area (Å²) >= 11 is 6.06. The highest BCUT2D eigenvalue weighted by atomic mass is 35.5. The van der Waals surface area contributed by atoms with E-state index in [1.807, 2.05) is 12.1 Å². The zero-order valence-corrected chi connectivity index (χ0v) is 13.8. The molecular formula is C18H27ClN2. The first kappa shape index (κ1) is 15.3. The number of halogens is 1. The molecule has 1 aliphatic carbocycles. The topological polar surface area (TPSA) is 15.3 Å². The highest BCUT2D eigenvalue weighted by Gasteiger charge is 2.42. The third-order valence-corrected chi connectivity index (χ3v) is 5.65. The second kappa shape index (κ2) is 6.68. The molecule has 1 saturated carbocycles. The quantitative estimate of drug-likeness (QED) is 0.890. The van der Waals surface area contributed by atoms with Crippen LogP contribution in [0, 0.1) is 0 Å². The molecule has 1 atom stereocenters. The Bertz CT molecular complexity index is 443. The van der Waals surface area contributed by atoms with E-state index in [4.69, 9.17) is 11.6 Å². The van der Waals surface area contributed by atoms with Crippen molar-refractivity contribution in [2.24, 2.45) is 0 Å². The number of nitrogens with one attached hydrogen (secondary N) is 1. The van der Waals surface area contributed by atoms with E-state index in [2.05, 4.69) is 29.3 Å². The van der Waals surface area contributed by atoms with E-state index in [0.29, 0.717) is 11.6 Å². The molecule has 1 spiro atoms. The Labute approximate surface area is 133 Å². The van der Waals surface area contributed by atoms with Gasteiger partial charge in [-0.1, -0.05) is 49.9 Å². The Balaban J connectivity index is 1.88. The second-order valence-electron chi connectivity index (χ2n) is 6.63. The van der Waals surface area contributed by atoms with Crippen LogP contribution in [0.2, 0.25) is 5.02 Å². The third kappa shape index (κ3) is 3.13. The summed E-state index contributed by atoms with van der Waals surface area (Å²) in [5.41, 5.74) is 1.81. The number of nitrogens with zero attached hydrogens (tertiary/aromatic N) is 1. The number of hydrogen-bond acceptors (Lipinski definition) is 2. The molecule has 0 amide bonds. The van der Waals surface area contributed by atoms with Gasteiger partial charge in [0.15, 0.2) is 0 Å². The van der Waals surface area contributed by atoms with Gasteiger partial charge in [0.25, 0.3) is 0 Å². The summed E-state index contributed by atoms with van der Waals surface area (Å²) in [5.74, 6) is 0. The van der Waals surface area contributed by atoms with Crippen LogP contribution >= 0.6 is 11.6 Å². The number of rotatable bonds is 3. The van der Waals surface area contributed by atoms with E-state index in [0.717, 1.165) is 18.1 Å². The van der Waals surface area contributed by atoms with Gasteiger partial charge < -0.3 is 5.32 Å². The molecule has 1 aromatic carbocycles. The molecule has 116 valence electrons. The van der Waals surface area contributed by atoms with E-state index < -0.39 is 0 Å². The van der Waals surface area contributed by atoms with Crippen LogP contribution in [0.25, 0.3) is 0 Å². The van der Waals surface area contributed by atoms with Gasteiger partial charge in [0, 0.05) is 36.2 Å². The first-order valence-electron chi connectivity index (χ1n) is 8.48. The lowest BCUT2D eigenvalue weighted by Crippen LogP contribution is -2.62. The molecule has 3 heteroatoms. The highest BCUT2D eigenvalue weighted by molar-refractivity contribution is 6.30. The normalized spacial score (nSPS) is 24.1. The van der Waals surface area contributed by atoms with Crippen molar-refractivity contribution >= 4 is 11.6 Å². The molecule has 21 heavy (non-hydrogen) atoms. The van der Waals surface area contributed by atoms with Gasteiger partial charge in [-0.3, -0.25) is 4.90 Å². The minimum atomic E-state index is 0.386. The summed E-state index contributed by atoms with van der Waals surface area (Å²) in [5, 5.41) is 4.49. The molecule has 1 aromatic rings. The van der Waals surface area contributed by atoms with E-state index in [1.165, 1.54) is 50.6 Å². The predicted molar refractivity (Wildman–Crippen MR) is 89.9 cm³/mol. The van der Waals surface area contributed by atoms with Crippen LogP contribution in [0.1, 0.15) is 57.1 Å². The zero-order chi connectivity index (χ0) is 14.7. The molecule has 1 unspecified atom stereocenters. The molecular weight excluding hydrogens is 280 g/mol. The second-order valence-corrected chi connectivity index (χ2v) is 7.07. The van der Waals surface area contributed by atoms with Crippen LogP contribution in [0.3, 0.4) is 0 Å². The number of benzene rings is 1. The number of hydrogen-bond donors (Lipinski definition) is 1. The highest BCUT2D eigenvalue weighted by Crippen LogP contribution is 2.40. The predicted octanol–water partition coefficient (Wildman–Crippen LogP) is 4.40. The maximum absolute atomic E-state index is 6.06. The van der Waals surface area contributed by atoms with Crippen LogP contribution in [0.15, 0.2) is 24.3 Å². The molecule has 1 aliphatic heterocycles. The third-order valence-electron chi connectivity index (χ3n) is 5.39. The molecule has 1 N–H and O–H groups in total. The van der Waals surface area contributed by atoms with Crippen LogP contribution in [0.4, 0.5) is 0 Å². The Kier molecular flexibility index (Phi) is 4.88. The van der Waals surface area contributed by atoms with Gasteiger partial charge in [0.1, 0.15) is 0 Å². The van der Waals surface area contributed by atoms with Crippen molar-refractivity contribution in [2.75, 3.05) is 19.6 Å². The van der Waals surface area contributed by atoms with E-state index >= 15 is 0 Å². The van der Waals surface area contributed by atoms with Gasteiger partial charge in [-0.25, -0.2) is 0 Å². The van der Waals surface area contributed by atoms with Gasteiger partial charge in [-0.05, 0) is 37.0 Å². The van der Waals surface area contributed by atoms with Crippen LogP contribution in [-0.2, 0) is 0 Å². The van der Waals surface area contributed by atoms with Crippen LogP contribution < -0.4 is 5.32 Å². The van der Waals surface area contributed by atoms with Gasteiger partial charge in [0.05, 0.1) is 0 Å². The molecule has 2 aliphatic rings. The summed E-state index contributed by atoms with van der Waals surface area (Å²) in [7, 11) is 0. The molecule has 1 heterocycles.